The summed E-state index contributed by atoms with van der Waals surface area (Å²) >= 11 is 0. The molecular weight excluding hydrogens is 220 g/mol. The van der Waals surface area contributed by atoms with E-state index in [4.69, 9.17) is 0 Å². The van der Waals surface area contributed by atoms with E-state index in [1.807, 2.05) is 17.9 Å². The van der Waals surface area contributed by atoms with E-state index in [1.165, 1.54) is 22.3 Å². The van der Waals surface area contributed by atoms with Crippen molar-refractivity contribution in [3.63, 3.8) is 0 Å². The Bertz CT molecular complexity index is 544. The van der Waals surface area contributed by atoms with Gasteiger partial charge in [-0.1, -0.05) is 45.9 Å². The van der Waals surface area contributed by atoms with E-state index >= 15 is 0 Å². The molecule has 1 aromatic carbocycles. The van der Waals surface area contributed by atoms with Crippen LogP contribution >= 0.6 is 0 Å². The van der Waals surface area contributed by atoms with Gasteiger partial charge in [-0.05, 0) is 28.5 Å². The van der Waals surface area contributed by atoms with E-state index in [1.54, 1.807) is 0 Å². The summed E-state index contributed by atoms with van der Waals surface area (Å²) in [7, 11) is 1.95. The Balaban J connectivity index is 2.52. The van der Waals surface area contributed by atoms with Crippen LogP contribution in [0.5, 0.6) is 0 Å². The lowest BCUT2D eigenvalue weighted by Crippen LogP contribution is -2.14. The topological polar surface area (TPSA) is 17.8 Å². The smallest absolute Gasteiger partial charge is 0.0568 e. The molecule has 0 N–H and O–H groups in total. The van der Waals surface area contributed by atoms with Gasteiger partial charge < -0.3 is 0 Å². The van der Waals surface area contributed by atoms with Crippen molar-refractivity contribution in [2.24, 2.45) is 7.05 Å². The van der Waals surface area contributed by atoms with Crippen molar-refractivity contribution in [3.05, 3.63) is 41.7 Å². The van der Waals surface area contributed by atoms with Crippen molar-refractivity contribution in [3.8, 4) is 11.1 Å². The fourth-order valence-corrected chi connectivity index (χ4v) is 2.33. The van der Waals surface area contributed by atoms with Crippen LogP contribution in [0.1, 0.15) is 38.8 Å². The minimum atomic E-state index is 0.184. The monoisotopic (exact) mass is 242 g/mol. The number of rotatable bonds is 2. The Morgan fingerprint density at radius 2 is 1.89 bits per heavy atom. The van der Waals surface area contributed by atoms with Crippen molar-refractivity contribution in [1.29, 1.82) is 0 Å². The van der Waals surface area contributed by atoms with E-state index in [-0.39, 0.29) is 5.41 Å². The number of aryl methyl sites for hydroxylation is 2. The van der Waals surface area contributed by atoms with Crippen molar-refractivity contribution in [2.45, 2.75) is 39.5 Å². The molecule has 0 spiro atoms. The number of benzene rings is 1. The summed E-state index contributed by atoms with van der Waals surface area (Å²) in [6.45, 7) is 9.03. The molecule has 0 aliphatic rings. The number of aromatic nitrogens is 2. The summed E-state index contributed by atoms with van der Waals surface area (Å²) in [5.41, 5.74) is 5.50. The summed E-state index contributed by atoms with van der Waals surface area (Å²) in [5.74, 6) is 0. The molecule has 1 aromatic heterocycles. The lowest BCUT2D eigenvalue weighted by Gasteiger charge is -2.23. The van der Waals surface area contributed by atoms with Gasteiger partial charge in [-0.2, -0.15) is 5.10 Å². The minimum absolute atomic E-state index is 0.184. The third kappa shape index (κ3) is 2.47. The van der Waals surface area contributed by atoms with E-state index in [2.05, 4.69) is 57.2 Å². The highest BCUT2D eigenvalue weighted by atomic mass is 15.2. The van der Waals surface area contributed by atoms with Crippen LogP contribution in [0.2, 0.25) is 0 Å². The Morgan fingerprint density at radius 3 is 2.39 bits per heavy atom. The predicted octanol–water partition coefficient (Wildman–Crippen LogP) is 3.95. The molecule has 2 heteroatoms. The molecule has 0 fully saturated rings. The van der Waals surface area contributed by atoms with E-state index < -0.39 is 0 Å². The van der Waals surface area contributed by atoms with Gasteiger partial charge in [0.05, 0.1) is 6.20 Å². The average Bonchev–Trinajstić information content (AvgIpc) is 2.74. The van der Waals surface area contributed by atoms with Gasteiger partial charge in [0, 0.05) is 18.8 Å². The van der Waals surface area contributed by atoms with Crippen molar-refractivity contribution in [2.75, 3.05) is 0 Å². The number of hydrogen-bond donors (Lipinski definition) is 0. The third-order valence-corrected chi connectivity index (χ3v) is 3.34. The minimum Gasteiger partial charge on any atom is -0.275 e. The second-order valence-electron chi connectivity index (χ2n) is 5.88. The van der Waals surface area contributed by atoms with Crippen LogP contribution in [0.4, 0.5) is 0 Å². The third-order valence-electron chi connectivity index (χ3n) is 3.34. The van der Waals surface area contributed by atoms with Crippen LogP contribution < -0.4 is 0 Å². The molecule has 0 aliphatic heterocycles. The standard InChI is InChI=1S/C16H22N2/c1-6-12-7-8-13(9-15(12)16(2,3)4)14-10-17-18(5)11-14/h7-11H,6H2,1-5H3. The first-order valence-electron chi connectivity index (χ1n) is 6.54. The molecule has 1 heterocycles. The Hall–Kier alpha value is -1.57. The molecule has 2 aromatic rings. The lowest BCUT2D eigenvalue weighted by molar-refractivity contribution is 0.583. The van der Waals surface area contributed by atoms with Crippen LogP contribution in [0.25, 0.3) is 11.1 Å². The second kappa shape index (κ2) is 4.60. The summed E-state index contributed by atoms with van der Waals surface area (Å²) in [6.07, 6.45) is 5.07. The molecule has 0 unspecified atom stereocenters. The van der Waals surface area contributed by atoms with Gasteiger partial charge in [0.2, 0.25) is 0 Å². The maximum Gasteiger partial charge on any atom is 0.0568 e. The SMILES string of the molecule is CCc1ccc(-c2cnn(C)c2)cc1C(C)(C)C. The lowest BCUT2D eigenvalue weighted by atomic mass is 9.81. The van der Waals surface area contributed by atoms with Gasteiger partial charge >= 0.3 is 0 Å². The highest BCUT2D eigenvalue weighted by molar-refractivity contribution is 5.64. The maximum absolute atomic E-state index is 4.24. The summed E-state index contributed by atoms with van der Waals surface area (Å²) in [5, 5.41) is 4.24. The average molecular weight is 242 g/mol. The molecule has 0 amide bonds. The molecule has 2 rings (SSSR count). The Morgan fingerprint density at radius 1 is 1.17 bits per heavy atom. The van der Waals surface area contributed by atoms with Crippen LogP contribution in [0.3, 0.4) is 0 Å². The molecule has 0 radical (unpaired) electrons. The number of hydrogen-bond acceptors (Lipinski definition) is 1. The highest BCUT2D eigenvalue weighted by Gasteiger charge is 2.18. The van der Waals surface area contributed by atoms with Crippen LogP contribution in [-0.2, 0) is 18.9 Å². The number of nitrogens with zero attached hydrogens (tertiary/aromatic N) is 2. The van der Waals surface area contributed by atoms with Crippen LogP contribution in [-0.4, -0.2) is 9.78 Å². The van der Waals surface area contributed by atoms with Gasteiger partial charge in [0.25, 0.3) is 0 Å². The maximum atomic E-state index is 4.24. The van der Waals surface area contributed by atoms with Crippen molar-refractivity contribution >= 4 is 0 Å². The van der Waals surface area contributed by atoms with Gasteiger partial charge in [-0.15, -0.1) is 0 Å². The van der Waals surface area contributed by atoms with Crippen LogP contribution in [0.15, 0.2) is 30.6 Å². The molecule has 0 saturated carbocycles. The summed E-state index contributed by atoms with van der Waals surface area (Å²) in [6, 6.07) is 6.77. The first-order valence-corrected chi connectivity index (χ1v) is 6.54. The largest absolute Gasteiger partial charge is 0.275 e. The van der Waals surface area contributed by atoms with Gasteiger partial charge in [0.1, 0.15) is 0 Å². The van der Waals surface area contributed by atoms with E-state index in [0.717, 1.165) is 6.42 Å². The summed E-state index contributed by atoms with van der Waals surface area (Å²) in [4.78, 5) is 0. The molecule has 18 heavy (non-hydrogen) atoms. The van der Waals surface area contributed by atoms with E-state index in [9.17, 15) is 0 Å². The zero-order valence-corrected chi connectivity index (χ0v) is 12.0. The quantitative estimate of drug-likeness (QED) is 0.779. The van der Waals surface area contributed by atoms with Crippen molar-refractivity contribution < 1.29 is 0 Å². The molecule has 0 aliphatic carbocycles. The van der Waals surface area contributed by atoms with Gasteiger partial charge in [-0.3, -0.25) is 4.68 Å². The molecule has 0 atom stereocenters. The fourth-order valence-electron chi connectivity index (χ4n) is 2.33. The van der Waals surface area contributed by atoms with Crippen molar-refractivity contribution in [1.82, 2.24) is 9.78 Å². The highest BCUT2D eigenvalue weighted by Crippen LogP contribution is 2.30. The molecule has 0 saturated heterocycles. The van der Waals surface area contributed by atoms with Crippen LogP contribution in [0, 0.1) is 0 Å². The zero-order valence-electron chi connectivity index (χ0n) is 12.0. The Labute approximate surface area is 110 Å². The first kappa shape index (κ1) is 12.9. The first-order chi connectivity index (χ1) is 8.41. The van der Waals surface area contributed by atoms with Gasteiger partial charge in [0.15, 0.2) is 0 Å². The molecule has 0 bridgehead atoms. The zero-order chi connectivity index (χ0) is 13.3. The van der Waals surface area contributed by atoms with Gasteiger partial charge in [-0.25, -0.2) is 0 Å². The molecule has 2 nitrogen and oxygen atoms in total. The summed E-state index contributed by atoms with van der Waals surface area (Å²) < 4.78 is 1.85. The molecule has 96 valence electrons. The normalized spacial score (nSPS) is 11.8. The van der Waals surface area contributed by atoms with E-state index in [0.29, 0.717) is 0 Å². The fraction of sp³-hybridized carbons (Fsp3) is 0.438. The second-order valence-corrected chi connectivity index (χ2v) is 5.88. The predicted molar refractivity (Wildman–Crippen MR) is 76.7 cm³/mol. The Kier molecular flexibility index (Phi) is 3.29. The molecular formula is C16H22N2.